The third-order valence-corrected chi connectivity index (χ3v) is 13.7. The number of fused-ring (bicyclic) bond motifs is 3. The van der Waals surface area contributed by atoms with Gasteiger partial charge in [0.15, 0.2) is 5.82 Å². The molecular weight excluding hydrogens is 801 g/mol. The van der Waals surface area contributed by atoms with E-state index in [9.17, 15) is 24.0 Å². The maximum absolute atomic E-state index is 13.1. The number of anilines is 4. The molecule has 0 aliphatic carbocycles. The Balaban J connectivity index is 0.745. The Morgan fingerprint density at radius 1 is 0.966 bits per heavy atom. The average molecular weight is 851 g/mol. The first-order valence-corrected chi connectivity index (χ1v) is 21.7. The molecule has 3 aromatic rings. The Kier molecular flexibility index (Phi) is 13.4. The zero-order chi connectivity index (χ0) is 40.8. The van der Waals surface area contributed by atoms with Crippen LogP contribution >= 0.6 is 35.0 Å². The first kappa shape index (κ1) is 41.7. The lowest BCUT2D eigenvalue weighted by atomic mass is 9.74. The Morgan fingerprint density at radius 2 is 1.74 bits per heavy atom. The van der Waals surface area contributed by atoms with Gasteiger partial charge in [-0.05, 0) is 81.2 Å². The number of amides is 5. The average Bonchev–Trinajstić information content (AvgIpc) is 3.56. The van der Waals surface area contributed by atoms with Crippen molar-refractivity contribution in [1.82, 2.24) is 25.5 Å². The van der Waals surface area contributed by atoms with Gasteiger partial charge in [-0.15, -0.1) is 0 Å². The van der Waals surface area contributed by atoms with Crippen molar-refractivity contribution in [2.24, 2.45) is 11.1 Å². The van der Waals surface area contributed by atoms with Crippen molar-refractivity contribution in [3.8, 4) is 0 Å². The molecule has 2 saturated heterocycles. The second-order valence-corrected chi connectivity index (χ2v) is 17.3. The number of nitrogens with two attached hydrogens (primary N) is 1. The van der Waals surface area contributed by atoms with E-state index in [1.165, 1.54) is 16.7 Å². The zero-order valence-corrected chi connectivity index (χ0v) is 34.7. The Labute approximate surface area is 352 Å². The molecule has 1 aromatic heterocycles. The lowest BCUT2D eigenvalue weighted by Crippen LogP contribution is -2.52. The third kappa shape index (κ3) is 9.54. The molecule has 0 spiro atoms. The summed E-state index contributed by atoms with van der Waals surface area (Å²) < 4.78 is 0. The monoisotopic (exact) mass is 849 g/mol. The van der Waals surface area contributed by atoms with Crippen LogP contribution in [0.2, 0.25) is 10.0 Å². The summed E-state index contributed by atoms with van der Waals surface area (Å²) >= 11 is 14.1. The van der Waals surface area contributed by atoms with E-state index in [1.54, 1.807) is 24.3 Å². The number of hydrogen-bond donors (Lipinski definition) is 5. The van der Waals surface area contributed by atoms with Gasteiger partial charge in [0.1, 0.15) is 16.9 Å². The highest BCUT2D eigenvalue weighted by atomic mass is 35.5. The van der Waals surface area contributed by atoms with Crippen LogP contribution in [0.4, 0.5) is 23.0 Å². The van der Waals surface area contributed by atoms with Gasteiger partial charge in [0.25, 0.3) is 5.91 Å². The minimum atomic E-state index is -0.712. The summed E-state index contributed by atoms with van der Waals surface area (Å²) in [6.45, 7) is 3.11. The lowest BCUT2D eigenvalue weighted by Gasteiger charge is -2.42. The van der Waals surface area contributed by atoms with Crippen LogP contribution in [0, 0.1) is 5.41 Å². The molecule has 0 radical (unpaired) electrons. The van der Waals surface area contributed by atoms with E-state index in [0.29, 0.717) is 65.0 Å². The van der Waals surface area contributed by atoms with Crippen LogP contribution in [-0.4, -0.2) is 76.6 Å². The van der Waals surface area contributed by atoms with Gasteiger partial charge < -0.3 is 31.5 Å². The van der Waals surface area contributed by atoms with Crippen LogP contribution in [0.3, 0.4) is 0 Å². The molecule has 14 nitrogen and oxygen atoms in total. The molecule has 4 aliphatic heterocycles. The number of carbonyl (C=O) groups excluding carboxylic acids is 5. The summed E-state index contributed by atoms with van der Waals surface area (Å²) in [7, 11) is 0. The Bertz CT molecular complexity index is 2080. The van der Waals surface area contributed by atoms with Crippen molar-refractivity contribution < 1.29 is 24.0 Å². The molecule has 0 bridgehead atoms. The topological polar surface area (TPSA) is 192 Å². The molecule has 6 N–H and O–H groups in total. The van der Waals surface area contributed by atoms with Gasteiger partial charge >= 0.3 is 0 Å². The van der Waals surface area contributed by atoms with Crippen LogP contribution in [0.5, 0.6) is 0 Å². The van der Waals surface area contributed by atoms with Gasteiger partial charge in [-0.1, -0.05) is 60.3 Å². The van der Waals surface area contributed by atoms with Gasteiger partial charge in [0.05, 0.1) is 26.8 Å². The largest absolute Gasteiger partial charge is 0.356 e. The number of rotatable bonds is 16. The molecule has 17 heteroatoms. The summed E-state index contributed by atoms with van der Waals surface area (Å²) in [6.07, 6.45) is 11.1. The van der Waals surface area contributed by atoms with Crippen molar-refractivity contribution >= 4 is 87.5 Å². The number of carbonyl (C=O) groups is 5. The molecule has 2 aromatic carbocycles. The van der Waals surface area contributed by atoms with E-state index in [1.807, 2.05) is 12.3 Å². The first-order chi connectivity index (χ1) is 28.0. The third-order valence-electron chi connectivity index (χ3n) is 11.7. The molecule has 5 heterocycles. The fourth-order valence-corrected chi connectivity index (χ4v) is 9.59. The summed E-state index contributed by atoms with van der Waals surface area (Å²) in [5.74, 6) is 0.358. The van der Waals surface area contributed by atoms with E-state index in [0.717, 1.165) is 85.9 Å². The van der Waals surface area contributed by atoms with E-state index in [4.69, 9.17) is 33.9 Å². The fourth-order valence-electron chi connectivity index (χ4n) is 8.18. The first-order valence-electron chi connectivity index (χ1n) is 20.1. The minimum absolute atomic E-state index is 0.0489. The molecule has 58 heavy (non-hydrogen) atoms. The highest BCUT2D eigenvalue weighted by Crippen LogP contribution is 2.48. The summed E-state index contributed by atoms with van der Waals surface area (Å²) in [6, 6.07) is 8.12. The standard InChI is InChI=1S/C41H49Cl2N9O5S/c42-27-12-13-29-36(35(27)43)58-39-37(48-29)49-31(22-46-39)51-20-17-41(24-44,18-21-51)16-5-1-3-10-32(53)45-19-6-2-4-11-33(54)47-28-9-7-8-25-26(28)23-52(40(25)57)30-14-15-34(55)50-38(30)56/h7-9,12-13,22,30H,1-6,10-11,14-21,23-24,44H2,(H,45,53)(H,47,54)(H,48,49)(H,50,55,56). The molecule has 4 aliphatic rings. The SMILES string of the molecule is NCC1(CCCCCC(=O)NCCCCCC(=O)Nc2cccc3c2CN(C2CCC(=O)NC2=O)C3=O)CCN(c2cnc3c(n2)Nc2ccc(Cl)c(Cl)c2S3)CC1. The predicted octanol–water partition coefficient (Wildman–Crippen LogP) is 6.56. The van der Waals surface area contributed by atoms with Gasteiger partial charge in [-0.25, -0.2) is 9.97 Å². The van der Waals surface area contributed by atoms with Crippen LogP contribution in [0.15, 0.2) is 46.5 Å². The van der Waals surface area contributed by atoms with Crippen molar-refractivity contribution in [3.05, 3.63) is 57.7 Å². The minimum Gasteiger partial charge on any atom is -0.356 e. The molecular formula is C41H49Cl2N9O5S. The predicted molar refractivity (Wildman–Crippen MR) is 225 cm³/mol. The van der Waals surface area contributed by atoms with E-state index in [2.05, 4.69) is 31.2 Å². The number of benzene rings is 2. The van der Waals surface area contributed by atoms with Crippen molar-refractivity contribution in [1.29, 1.82) is 0 Å². The van der Waals surface area contributed by atoms with Crippen LogP contribution in [0.1, 0.15) is 99.4 Å². The lowest BCUT2D eigenvalue weighted by molar-refractivity contribution is -0.137. The Hall–Kier alpha value is -4.44. The van der Waals surface area contributed by atoms with Crippen LogP contribution in [0.25, 0.3) is 0 Å². The molecule has 0 saturated carbocycles. The highest BCUT2D eigenvalue weighted by Gasteiger charge is 2.40. The maximum Gasteiger partial charge on any atom is 0.255 e. The van der Waals surface area contributed by atoms with Crippen molar-refractivity contribution in [3.63, 3.8) is 0 Å². The molecule has 7 rings (SSSR count). The smallest absolute Gasteiger partial charge is 0.255 e. The molecule has 5 amide bonds. The summed E-state index contributed by atoms with van der Waals surface area (Å²) in [5, 5.41) is 13.4. The van der Waals surface area contributed by atoms with Crippen molar-refractivity contribution in [2.75, 3.05) is 41.7 Å². The normalized spacial score (nSPS) is 18.2. The van der Waals surface area contributed by atoms with Gasteiger partial charge in [-0.2, -0.15) is 0 Å². The second-order valence-electron chi connectivity index (χ2n) is 15.5. The number of piperidine rings is 2. The van der Waals surface area contributed by atoms with Crippen molar-refractivity contribution in [2.45, 2.75) is 106 Å². The van der Waals surface area contributed by atoms with Crippen LogP contribution < -0.4 is 31.9 Å². The zero-order valence-electron chi connectivity index (χ0n) is 32.3. The van der Waals surface area contributed by atoms with Gasteiger partial charge in [-0.3, -0.25) is 29.3 Å². The quantitative estimate of drug-likeness (QED) is 0.0606. The Morgan fingerprint density at radius 3 is 2.52 bits per heavy atom. The van der Waals surface area contributed by atoms with Gasteiger partial charge in [0, 0.05) is 62.3 Å². The number of imide groups is 1. The van der Waals surface area contributed by atoms with Crippen LogP contribution in [-0.2, 0) is 25.7 Å². The number of nitrogens with one attached hydrogen (secondary N) is 4. The number of halogens is 2. The number of nitrogens with zero attached hydrogens (tertiary/aromatic N) is 4. The number of aromatic nitrogens is 2. The number of hydrogen-bond acceptors (Lipinski definition) is 11. The van der Waals surface area contributed by atoms with E-state index >= 15 is 0 Å². The summed E-state index contributed by atoms with van der Waals surface area (Å²) in [5.41, 5.74) is 8.98. The second kappa shape index (κ2) is 18.6. The van der Waals surface area contributed by atoms with Gasteiger partial charge in [0.2, 0.25) is 23.6 Å². The van der Waals surface area contributed by atoms with E-state index in [-0.39, 0.29) is 48.4 Å². The number of unbranched alkanes of at least 4 members (excludes halogenated alkanes) is 4. The molecule has 1 unspecified atom stereocenters. The highest BCUT2D eigenvalue weighted by molar-refractivity contribution is 7.99. The molecule has 308 valence electrons. The molecule has 1 atom stereocenters. The fraction of sp³-hybridized carbons (Fsp3) is 0.488. The summed E-state index contributed by atoms with van der Waals surface area (Å²) in [4.78, 5) is 76.5. The maximum atomic E-state index is 13.1. The van der Waals surface area contributed by atoms with E-state index < -0.39 is 11.9 Å². The molecule has 2 fully saturated rings.